The molecule has 0 aliphatic heterocycles. The van der Waals surface area contributed by atoms with Gasteiger partial charge < -0.3 is 30.9 Å². The van der Waals surface area contributed by atoms with Gasteiger partial charge in [0.2, 0.25) is 0 Å². The van der Waals surface area contributed by atoms with Gasteiger partial charge in [0.05, 0.1) is 30.2 Å². The first-order chi connectivity index (χ1) is 22.8. The monoisotopic (exact) mass is 653 g/mol. The van der Waals surface area contributed by atoms with E-state index in [0.29, 0.717) is 30.7 Å². The first kappa shape index (κ1) is 33.3. The lowest BCUT2D eigenvalue weighted by atomic mass is 9.55. The molecule has 10 nitrogen and oxygen atoms in total. The van der Waals surface area contributed by atoms with Crippen molar-refractivity contribution in [3.8, 4) is 22.6 Å². The van der Waals surface area contributed by atoms with Crippen LogP contribution in [-0.2, 0) is 29.1 Å². The minimum Gasteiger partial charge on any atom is -0.510 e. The number of phenolic OH excluding ortho intramolecular Hbond substituents is 1. The van der Waals surface area contributed by atoms with Crippen LogP contribution in [0.15, 0.2) is 77.6 Å². The zero-order valence-corrected chi connectivity index (χ0v) is 27.9. The van der Waals surface area contributed by atoms with Gasteiger partial charge in [-0.3, -0.25) is 19.4 Å². The summed E-state index contributed by atoms with van der Waals surface area (Å²) in [4.78, 5) is 30.8. The minimum atomic E-state index is -2.08. The summed E-state index contributed by atoms with van der Waals surface area (Å²) in [5.41, 5.74) is 7.86. The number of hydrogen-bond donors (Lipinski definition) is 5. The first-order valence-corrected chi connectivity index (χ1v) is 16.1. The number of nitrogens with zero attached hydrogens (tertiary/aromatic N) is 2. The number of primary amides is 1. The van der Waals surface area contributed by atoms with Gasteiger partial charge >= 0.3 is 0 Å². The molecule has 10 heteroatoms. The second-order valence-corrected chi connectivity index (χ2v) is 13.8. The van der Waals surface area contributed by atoms with E-state index in [1.54, 1.807) is 32.2 Å². The lowest BCUT2D eigenvalue weighted by Gasteiger charge is -2.52. The van der Waals surface area contributed by atoms with Gasteiger partial charge in [-0.25, -0.2) is 0 Å². The molecule has 0 aromatic heterocycles. The van der Waals surface area contributed by atoms with Crippen LogP contribution in [0.25, 0.3) is 16.9 Å². The molecule has 3 aromatic carbocycles. The van der Waals surface area contributed by atoms with Crippen molar-refractivity contribution in [2.24, 2.45) is 23.5 Å². The number of methoxy groups -OCH3 is 1. The number of aliphatic hydroxyl groups excluding tert-OH is 2. The Hall–Kier alpha value is -4.64. The Morgan fingerprint density at radius 2 is 1.67 bits per heavy atom. The Morgan fingerprint density at radius 1 is 0.979 bits per heavy atom. The average molecular weight is 654 g/mol. The van der Waals surface area contributed by atoms with E-state index in [1.165, 1.54) is 18.6 Å². The summed E-state index contributed by atoms with van der Waals surface area (Å²) >= 11 is 0. The number of rotatable bonds is 8. The van der Waals surface area contributed by atoms with Gasteiger partial charge in [0.15, 0.2) is 5.78 Å². The predicted octanol–water partition coefficient (Wildman–Crippen LogP) is 4.34. The molecule has 6 rings (SSSR count). The van der Waals surface area contributed by atoms with E-state index in [-0.39, 0.29) is 28.4 Å². The number of benzene rings is 3. The second-order valence-electron chi connectivity index (χ2n) is 13.8. The van der Waals surface area contributed by atoms with Crippen LogP contribution in [-0.4, -0.2) is 81.8 Å². The van der Waals surface area contributed by atoms with E-state index in [0.717, 1.165) is 23.2 Å². The fraction of sp³-hybridized carbons (Fsp3) is 0.368. The molecule has 3 unspecified atom stereocenters. The highest BCUT2D eigenvalue weighted by Crippen LogP contribution is 2.55. The molecule has 0 saturated heterocycles. The van der Waals surface area contributed by atoms with Crippen molar-refractivity contribution in [3.05, 3.63) is 99.8 Å². The van der Waals surface area contributed by atoms with E-state index >= 15 is 0 Å². The maximum Gasteiger partial charge on any atom is 0.251 e. The third kappa shape index (κ3) is 5.43. The number of allylic oxidation sites excluding steroid dienone is 1. The number of hydrogen-bond acceptors (Lipinski definition) is 9. The number of amides is 1. The van der Waals surface area contributed by atoms with Crippen LogP contribution in [0.3, 0.4) is 0 Å². The van der Waals surface area contributed by atoms with Crippen LogP contribution >= 0.6 is 0 Å². The first-order valence-electron chi connectivity index (χ1n) is 16.1. The highest BCUT2D eigenvalue weighted by Gasteiger charge is 2.60. The summed E-state index contributed by atoms with van der Waals surface area (Å²) in [5, 5.41) is 45.8. The van der Waals surface area contributed by atoms with Gasteiger partial charge in [-0.1, -0.05) is 42.5 Å². The van der Waals surface area contributed by atoms with E-state index in [4.69, 9.17) is 10.5 Å². The number of nitrogens with two attached hydrogens (primary N) is 1. The molecule has 3 aromatic rings. The van der Waals surface area contributed by atoms with Crippen LogP contribution in [0, 0.1) is 17.8 Å². The van der Waals surface area contributed by atoms with Crippen molar-refractivity contribution in [2.45, 2.75) is 44.5 Å². The highest BCUT2D eigenvalue weighted by molar-refractivity contribution is 6.08. The van der Waals surface area contributed by atoms with Gasteiger partial charge in [-0.2, -0.15) is 0 Å². The Labute approximate surface area is 280 Å². The smallest absolute Gasteiger partial charge is 0.251 e. The van der Waals surface area contributed by atoms with E-state index in [2.05, 4.69) is 30.1 Å². The number of Topliss-reactive ketones (excluding diaryl/α,β-unsaturated/α-hetero) is 1. The van der Waals surface area contributed by atoms with Crippen molar-refractivity contribution in [3.63, 3.8) is 0 Å². The lowest BCUT2D eigenvalue weighted by Crippen LogP contribution is -2.61. The van der Waals surface area contributed by atoms with E-state index in [1.807, 2.05) is 30.3 Å². The molecule has 1 saturated carbocycles. The van der Waals surface area contributed by atoms with Gasteiger partial charge in [-0.15, -0.1) is 0 Å². The van der Waals surface area contributed by atoms with Crippen LogP contribution in [0.5, 0.6) is 11.5 Å². The van der Waals surface area contributed by atoms with Crippen LogP contribution in [0.1, 0.15) is 35.6 Å². The van der Waals surface area contributed by atoms with Crippen LogP contribution in [0.4, 0.5) is 0 Å². The standard InChI is InChI=1S/C38H43N3O7/c1-38(47)31-26(33(40(2)3)36(45)32(38)37(39)46)17-22-16-25-23(12-13-27(42)30(25)34(43)29(22)35(31)44)24-15-21(11-14-28(24)48-5)19-41(4)18-20-9-7-6-8-10-20/h6-15,22,26,31,33,42-43,45,47H,16-19H2,1-5H3,(H2,39,46)/t22?,26?,31?,33-,38-/m0/s1. The molecule has 3 aliphatic rings. The molecule has 0 heterocycles. The van der Waals surface area contributed by atoms with Crippen molar-refractivity contribution in [2.75, 3.05) is 28.3 Å². The summed E-state index contributed by atoms with van der Waals surface area (Å²) in [6.45, 7) is 2.74. The SMILES string of the molecule is COc1ccc(CN(C)Cc2ccccc2)cc1-c1ccc(O)c2c1CC1CC3C(C(=O)C1=C2O)[C@](C)(O)C(C(N)=O)=C(O)[C@H]3N(C)C. The number of ketones is 1. The number of ether oxygens (including phenoxy) is 1. The highest BCUT2D eigenvalue weighted by atomic mass is 16.5. The molecule has 0 spiro atoms. The molecule has 48 heavy (non-hydrogen) atoms. The third-order valence-electron chi connectivity index (χ3n) is 10.3. The van der Waals surface area contributed by atoms with Crippen LogP contribution < -0.4 is 10.5 Å². The number of aromatic hydroxyl groups is 1. The molecule has 0 radical (unpaired) electrons. The molecular formula is C38H43N3O7. The van der Waals surface area contributed by atoms with Gasteiger partial charge in [0.1, 0.15) is 28.6 Å². The Bertz CT molecular complexity index is 1850. The Morgan fingerprint density at radius 3 is 2.31 bits per heavy atom. The average Bonchev–Trinajstić information content (AvgIpc) is 3.00. The normalized spacial score (nSPS) is 25.2. The Balaban J connectivity index is 1.43. The fourth-order valence-corrected chi connectivity index (χ4v) is 8.46. The van der Waals surface area contributed by atoms with Crippen LogP contribution in [0.2, 0.25) is 0 Å². The van der Waals surface area contributed by atoms with Gasteiger partial charge in [0, 0.05) is 24.2 Å². The number of carbonyl (C=O) groups is 2. The second kappa shape index (κ2) is 12.4. The Kier molecular flexibility index (Phi) is 8.61. The number of carbonyl (C=O) groups excluding carboxylic acids is 2. The van der Waals surface area contributed by atoms with E-state index in [9.17, 15) is 30.0 Å². The minimum absolute atomic E-state index is 0.0995. The number of fused-ring (bicyclic) bond motifs is 3. The maximum absolute atomic E-state index is 14.4. The summed E-state index contributed by atoms with van der Waals surface area (Å²) in [7, 11) is 7.11. The largest absolute Gasteiger partial charge is 0.510 e. The van der Waals surface area contributed by atoms with Gasteiger partial charge in [-0.05, 0) is 93.2 Å². The number of likely N-dealkylation sites (N-methyl/N-ethyl adjacent to an activating group) is 1. The number of phenols is 1. The zero-order chi connectivity index (χ0) is 34.7. The fourth-order valence-electron chi connectivity index (χ4n) is 8.46. The maximum atomic E-state index is 14.4. The summed E-state index contributed by atoms with van der Waals surface area (Å²) in [5.74, 6) is -4.05. The molecule has 0 bridgehead atoms. The predicted molar refractivity (Wildman–Crippen MR) is 182 cm³/mol. The molecule has 5 atom stereocenters. The molecule has 1 amide bonds. The zero-order valence-electron chi connectivity index (χ0n) is 27.9. The molecule has 1 fully saturated rings. The van der Waals surface area contributed by atoms with E-state index < -0.39 is 46.7 Å². The number of aliphatic hydroxyl groups is 3. The topological polar surface area (TPSA) is 157 Å². The van der Waals surface area contributed by atoms with Gasteiger partial charge in [0.25, 0.3) is 5.91 Å². The van der Waals surface area contributed by atoms with Crippen molar-refractivity contribution in [1.29, 1.82) is 0 Å². The molecular weight excluding hydrogens is 610 g/mol. The lowest BCUT2D eigenvalue weighted by molar-refractivity contribution is -0.139. The molecule has 6 N–H and O–H groups in total. The summed E-state index contributed by atoms with van der Waals surface area (Å²) in [6.07, 6.45) is 0.630. The quantitative estimate of drug-likeness (QED) is 0.239. The summed E-state index contributed by atoms with van der Waals surface area (Å²) in [6, 6.07) is 18.7. The van der Waals surface area contributed by atoms with Crippen molar-refractivity contribution < 1.29 is 34.8 Å². The molecule has 252 valence electrons. The molecule has 3 aliphatic carbocycles. The van der Waals surface area contributed by atoms with Crippen molar-refractivity contribution >= 4 is 17.4 Å². The summed E-state index contributed by atoms with van der Waals surface area (Å²) < 4.78 is 5.79. The van der Waals surface area contributed by atoms with Crippen molar-refractivity contribution in [1.82, 2.24) is 9.80 Å². The third-order valence-corrected chi connectivity index (χ3v) is 10.3.